The largest absolute Gasteiger partial charge is 0.345 e. The molecule has 21 heavy (non-hydrogen) atoms. The maximum Gasteiger partial charge on any atom is 0.120 e. The molecular formula is C17H26N4. The summed E-state index contributed by atoms with van der Waals surface area (Å²) in [5.41, 5.74) is 3.55. The SMILES string of the molecule is Cc1nc(CN[C@H](C)[C@H](c2ccccc2)N(C)C)[nH]c1C. The van der Waals surface area contributed by atoms with Gasteiger partial charge in [0.2, 0.25) is 0 Å². The van der Waals surface area contributed by atoms with E-state index in [0.717, 1.165) is 23.8 Å². The Bertz CT molecular complexity index is 540. The third-order valence-corrected chi connectivity index (χ3v) is 3.94. The van der Waals surface area contributed by atoms with Crippen molar-refractivity contribution in [2.75, 3.05) is 14.1 Å². The number of likely N-dealkylation sites (N-methyl/N-ethyl adjacent to an activating group) is 1. The molecule has 0 unspecified atom stereocenters. The summed E-state index contributed by atoms with van der Waals surface area (Å²) in [4.78, 5) is 10.1. The zero-order valence-electron chi connectivity index (χ0n) is 13.6. The van der Waals surface area contributed by atoms with Crippen molar-refractivity contribution in [3.05, 3.63) is 53.1 Å². The number of nitrogens with zero attached hydrogens (tertiary/aromatic N) is 2. The number of aromatic amines is 1. The van der Waals surface area contributed by atoms with E-state index >= 15 is 0 Å². The minimum absolute atomic E-state index is 0.327. The first kappa shape index (κ1) is 15.7. The molecule has 0 bridgehead atoms. The molecule has 2 N–H and O–H groups in total. The van der Waals surface area contributed by atoms with Crippen LogP contribution in [0.2, 0.25) is 0 Å². The highest BCUT2D eigenvalue weighted by molar-refractivity contribution is 5.20. The molecule has 2 rings (SSSR count). The zero-order chi connectivity index (χ0) is 15.4. The number of nitrogens with one attached hydrogen (secondary N) is 2. The van der Waals surface area contributed by atoms with Crippen LogP contribution in [0.1, 0.15) is 35.7 Å². The van der Waals surface area contributed by atoms with Crippen molar-refractivity contribution in [1.29, 1.82) is 0 Å². The molecule has 0 aliphatic rings. The Morgan fingerprint density at radius 1 is 1.19 bits per heavy atom. The van der Waals surface area contributed by atoms with Gasteiger partial charge in [-0.05, 0) is 40.4 Å². The van der Waals surface area contributed by atoms with Crippen molar-refractivity contribution in [3.8, 4) is 0 Å². The van der Waals surface area contributed by atoms with Gasteiger partial charge in [0, 0.05) is 17.8 Å². The molecule has 0 saturated carbocycles. The van der Waals surface area contributed by atoms with Crippen LogP contribution in [-0.4, -0.2) is 35.0 Å². The summed E-state index contributed by atoms with van der Waals surface area (Å²) < 4.78 is 0. The molecule has 0 fully saturated rings. The van der Waals surface area contributed by atoms with Crippen LogP contribution in [-0.2, 0) is 6.54 Å². The van der Waals surface area contributed by atoms with E-state index in [-0.39, 0.29) is 0 Å². The van der Waals surface area contributed by atoms with Gasteiger partial charge < -0.3 is 15.2 Å². The molecule has 0 amide bonds. The van der Waals surface area contributed by atoms with Crippen LogP contribution >= 0.6 is 0 Å². The average molecular weight is 286 g/mol. The van der Waals surface area contributed by atoms with Crippen molar-refractivity contribution in [3.63, 3.8) is 0 Å². The molecule has 2 atom stereocenters. The van der Waals surface area contributed by atoms with E-state index in [1.807, 2.05) is 6.92 Å². The molecule has 114 valence electrons. The van der Waals surface area contributed by atoms with E-state index in [1.165, 1.54) is 5.56 Å². The lowest BCUT2D eigenvalue weighted by Crippen LogP contribution is -2.39. The fourth-order valence-corrected chi connectivity index (χ4v) is 2.76. The summed E-state index contributed by atoms with van der Waals surface area (Å²) in [6.07, 6.45) is 0. The van der Waals surface area contributed by atoms with E-state index in [0.29, 0.717) is 12.1 Å². The Kier molecular flexibility index (Phi) is 5.15. The second-order valence-electron chi connectivity index (χ2n) is 5.88. The first-order valence-corrected chi connectivity index (χ1v) is 7.46. The average Bonchev–Trinajstić information content (AvgIpc) is 2.76. The number of rotatable bonds is 6. The van der Waals surface area contributed by atoms with Gasteiger partial charge >= 0.3 is 0 Å². The summed E-state index contributed by atoms with van der Waals surface area (Å²) in [5, 5.41) is 3.58. The Hall–Kier alpha value is -1.65. The van der Waals surface area contributed by atoms with Crippen molar-refractivity contribution in [2.24, 2.45) is 0 Å². The molecule has 0 aliphatic heterocycles. The standard InChI is InChI=1S/C17H26N4/c1-12-13(2)20-16(19-12)11-18-14(3)17(21(4)5)15-9-7-6-8-10-15/h6-10,14,17-18H,11H2,1-5H3,(H,19,20)/t14-,17-/m1/s1. The second-order valence-corrected chi connectivity index (χ2v) is 5.88. The molecule has 0 saturated heterocycles. The Morgan fingerprint density at radius 2 is 1.86 bits per heavy atom. The summed E-state index contributed by atoms with van der Waals surface area (Å²) in [7, 11) is 4.24. The molecule has 2 aromatic rings. The molecule has 0 aliphatic carbocycles. The highest BCUT2D eigenvalue weighted by Crippen LogP contribution is 2.21. The first-order chi connectivity index (χ1) is 9.99. The fraction of sp³-hybridized carbons (Fsp3) is 0.471. The molecule has 0 radical (unpaired) electrons. The minimum atomic E-state index is 0.327. The molecular weight excluding hydrogens is 260 g/mol. The molecule has 4 nitrogen and oxygen atoms in total. The van der Waals surface area contributed by atoms with Gasteiger partial charge in [-0.25, -0.2) is 4.98 Å². The van der Waals surface area contributed by atoms with Crippen molar-refractivity contribution in [2.45, 2.75) is 39.4 Å². The van der Waals surface area contributed by atoms with Crippen LogP contribution in [0.3, 0.4) is 0 Å². The number of hydrogen-bond donors (Lipinski definition) is 2. The molecule has 4 heteroatoms. The number of hydrogen-bond acceptors (Lipinski definition) is 3. The summed E-state index contributed by atoms with van der Waals surface area (Å²) in [6, 6.07) is 11.3. The van der Waals surface area contributed by atoms with E-state index in [1.54, 1.807) is 0 Å². The number of aryl methyl sites for hydroxylation is 2. The van der Waals surface area contributed by atoms with Gasteiger partial charge in [0.15, 0.2) is 0 Å². The number of aromatic nitrogens is 2. The van der Waals surface area contributed by atoms with Gasteiger partial charge in [0.25, 0.3) is 0 Å². The zero-order valence-corrected chi connectivity index (χ0v) is 13.6. The van der Waals surface area contributed by atoms with Crippen molar-refractivity contribution >= 4 is 0 Å². The number of imidazole rings is 1. The van der Waals surface area contributed by atoms with Gasteiger partial charge in [0.05, 0.1) is 12.2 Å². The van der Waals surface area contributed by atoms with E-state index < -0.39 is 0 Å². The number of H-pyrrole nitrogens is 1. The molecule has 1 aromatic heterocycles. The molecule has 1 heterocycles. The first-order valence-electron chi connectivity index (χ1n) is 7.46. The quantitative estimate of drug-likeness (QED) is 0.858. The Labute approximate surface area is 127 Å². The van der Waals surface area contributed by atoms with Gasteiger partial charge in [0.1, 0.15) is 5.82 Å². The van der Waals surface area contributed by atoms with Crippen LogP contribution in [0.25, 0.3) is 0 Å². The van der Waals surface area contributed by atoms with Crippen LogP contribution in [0, 0.1) is 13.8 Å². The Balaban J connectivity index is 2.04. The van der Waals surface area contributed by atoms with Gasteiger partial charge in [-0.2, -0.15) is 0 Å². The lowest BCUT2D eigenvalue weighted by Gasteiger charge is -2.31. The minimum Gasteiger partial charge on any atom is -0.345 e. The third kappa shape index (κ3) is 3.93. The summed E-state index contributed by atoms with van der Waals surface area (Å²) >= 11 is 0. The van der Waals surface area contributed by atoms with Crippen molar-refractivity contribution in [1.82, 2.24) is 20.2 Å². The van der Waals surface area contributed by atoms with Gasteiger partial charge in [-0.3, -0.25) is 0 Å². The van der Waals surface area contributed by atoms with E-state index in [2.05, 4.69) is 78.5 Å². The monoisotopic (exact) mass is 286 g/mol. The topological polar surface area (TPSA) is 44.0 Å². The second kappa shape index (κ2) is 6.87. The predicted octanol–water partition coefficient (Wildman–Crippen LogP) is 2.81. The summed E-state index contributed by atoms with van der Waals surface area (Å²) in [5.74, 6) is 1.00. The van der Waals surface area contributed by atoms with Gasteiger partial charge in [-0.15, -0.1) is 0 Å². The Morgan fingerprint density at radius 3 is 2.38 bits per heavy atom. The van der Waals surface area contributed by atoms with E-state index in [9.17, 15) is 0 Å². The molecule has 0 spiro atoms. The van der Waals surface area contributed by atoms with Crippen molar-refractivity contribution < 1.29 is 0 Å². The highest BCUT2D eigenvalue weighted by Gasteiger charge is 2.21. The fourth-order valence-electron chi connectivity index (χ4n) is 2.76. The predicted molar refractivity (Wildman–Crippen MR) is 87.2 cm³/mol. The van der Waals surface area contributed by atoms with Gasteiger partial charge in [-0.1, -0.05) is 30.3 Å². The van der Waals surface area contributed by atoms with Crippen LogP contribution in [0.4, 0.5) is 0 Å². The lowest BCUT2D eigenvalue weighted by atomic mass is 9.99. The normalized spacial score (nSPS) is 14.4. The lowest BCUT2D eigenvalue weighted by molar-refractivity contribution is 0.239. The smallest absolute Gasteiger partial charge is 0.120 e. The number of benzene rings is 1. The van der Waals surface area contributed by atoms with Crippen LogP contribution in [0.5, 0.6) is 0 Å². The maximum absolute atomic E-state index is 4.53. The third-order valence-electron chi connectivity index (χ3n) is 3.94. The molecule has 1 aromatic carbocycles. The van der Waals surface area contributed by atoms with Crippen LogP contribution < -0.4 is 5.32 Å². The maximum atomic E-state index is 4.53. The highest BCUT2D eigenvalue weighted by atomic mass is 15.1. The van der Waals surface area contributed by atoms with Crippen LogP contribution in [0.15, 0.2) is 30.3 Å². The summed E-state index contributed by atoms with van der Waals surface area (Å²) in [6.45, 7) is 7.07. The van der Waals surface area contributed by atoms with E-state index in [4.69, 9.17) is 0 Å².